The number of carbonyl (C=O) groups excluding carboxylic acids is 1. The van der Waals surface area contributed by atoms with Gasteiger partial charge in [0.25, 0.3) is 11.8 Å². The number of ether oxygens (including phenoxy) is 1. The molecule has 184 valence electrons. The van der Waals surface area contributed by atoms with E-state index in [1.165, 1.54) is 25.9 Å². The molecule has 1 aliphatic rings. The van der Waals surface area contributed by atoms with Gasteiger partial charge in [-0.05, 0) is 68.7 Å². The summed E-state index contributed by atoms with van der Waals surface area (Å²) in [5.74, 6) is 0.359. The van der Waals surface area contributed by atoms with Crippen LogP contribution in [0.4, 0.5) is 5.82 Å². The molecule has 9 heteroatoms. The molecule has 0 bridgehead atoms. The maximum Gasteiger partial charge on any atom is 0.257 e. The Balaban J connectivity index is 1.32. The van der Waals surface area contributed by atoms with Gasteiger partial charge in [0.1, 0.15) is 0 Å². The number of aromatic nitrogens is 2. The van der Waals surface area contributed by atoms with Crippen molar-refractivity contribution in [3.05, 3.63) is 69.8 Å². The van der Waals surface area contributed by atoms with E-state index in [2.05, 4.69) is 20.2 Å². The number of nitrogen functional groups attached to an aromatic ring is 1. The average Bonchev–Trinajstić information content (AvgIpc) is 3.38. The highest BCUT2D eigenvalue weighted by molar-refractivity contribution is 6.36. The number of hydrogen-bond donors (Lipinski definition) is 2. The van der Waals surface area contributed by atoms with Crippen LogP contribution in [-0.4, -0.2) is 53.6 Å². The van der Waals surface area contributed by atoms with Gasteiger partial charge in [0.05, 0.1) is 18.5 Å². The molecule has 4 rings (SSSR count). The molecule has 0 radical (unpaired) electrons. The third-order valence-corrected chi connectivity index (χ3v) is 6.71. The predicted octanol–water partition coefficient (Wildman–Crippen LogP) is 4.87. The lowest BCUT2D eigenvalue weighted by Gasteiger charge is -2.14. The van der Waals surface area contributed by atoms with Crippen molar-refractivity contribution in [2.45, 2.75) is 25.7 Å². The van der Waals surface area contributed by atoms with Crippen LogP contribution < -0.4 is 15.8 Å². The number of nitrogens with zero attached hydrogens (tertiary/aromatic N) is 3. The van der Waals surface area contributed by atoms with Crippen molar-refractivity contribution in [2.75, 3.05) is 38.5 Å². The predicted molar refractivity (Wildman–Crippen MR) is 140 cm³/mol. The Morgan fingerprint density at radius 1 is 1.09 bits per heavy atom. The number of hydrogen-bond acceptors (Lipinski definition) is 6. The fraction of sp³-hybridized carbons (Fsp3) is 0.346. The summed E-state index contributed by atoms with van der Waals surface area (Å²) in [6, 6.07) is 12.6. The molecule has 0 unspecified atom stereocenters. The molecule has 1 aromatic heterocycles. The zero-order valence-corrected chi connectivity index (χ0v) is 21.0. The summed E-state index contributed by atoms with van der Waals surface area (Å²) in [6.45, 7) is 4.34. The first-order valence-electron chi connectivity index (χ1n) is 11.8. The van der Waals surface area contributed by atoms with Gasteiger partial charge in [0.15, 0.2) is 5.82 Å². The molecule has 1 saturated heterocycles. The van der Waals surface area contributed by atoms with Gasteiger partial charge in [-0.15, -0.1) is 0 Å². The van der Waals surface area contributed by atoms with Crippen molar-refractivity contribution in [3.8, 4) is 17.1 Å². The Kier molecular flexibility index (Phi) is 8.79. The van der Waals surface area contributed by atoms with Crippen LogP contribution in [0.1, 0.15) is 35.2 Å². The van der Waals surface area contributed by atoms with Crippen molar-refractivity contribution in [2.24, 2.45) is 0 Å². The molecule has 0 spiro atoms. The summed E-state index contributed by atoms with van der Waals surface area (Å²) in [6.07, 6.45) is 5.60. The first-order chi connectivity index (χ1) is 17.0. The highest BCUT2D eigenvalue weighted by atomic mass is 35.5. The van der Waals surface area contributed by atoms with Gasteiger partial charge in [-0.1, -0.05) is 41.4 Å². The minimum atomic E-state index is -0.0800. The summed E-state index contributed by atoms with van der Waals surface area (Å²) in [5.41, 5.74) is 8.78. The molecule has 1 aliphatic heterocycles. The normalized spacial score (nSPS) is 13.7. The molecular weight excluding hydrogens is 485 g/mol. The number of nitrogens with one attached hydrogen (secondary N) is 1. The molecular formula is C26H29Cl2N5O2. The van der Waals surface area contributed by atoms with Crippen LogP contribution in [0.3, 0.4) is 0 Å². The fourth-order valence-electron chi connectivity index (χ4n) is 4.05. The number of rotatable bonds is 10. The first kappa shape index (κ1) is 25.2. The van der Waals surface area contributed by atoms with E-state index < -0.39 is 0 Å². The second kappa shape index (κ2) is 12.2. The highest BCUT2D eigenvalue weighted by Gasteiger charge is 2.13. The lowest BCUT2D eigenvalue weighted by atomic mass is 10.1. The third-order valence-electron chi connectivity index (χ3n) is 6.00. The minimum absolute atomic E-state index is 0.0800. The van der Waals surface area contributed by atoms with E-state index in [1.54, 1.807) is 36.5 Å². The molecule has 0 atom stereocenters. The van der Waals surface area contributed by atoms with E-state index in [0.717, 1.165) is 24.1 Å². The quantitative estimate of drug-likeness (QED) is 0.375. The van der Waals surface area contributed by atoms with Gasteiger partial charge < -0.3 is 20.7 Å². The first-order valence-corrected chi connectivity index (χ1v) is 12.6. The number of anilines is 1. The second-order valence-corrected chi connectivity index (χ2v) is 9.29. The van der Waals surface area contributed by atoms with Gasteiger partial charge in [-0.2, -0.15) is 0 Å². The fourth-order valence-corrected chi connectivity index (χ4v) is 4.64. The van der Waals surface area contributed by atoms with Crippen LogP contribution >= 0.6 is 23.2 Å². The van der Waals surface area contributed by atoms with Crippen molar-refractivity contribution < 1.29 is 9.53 Å². The van der Waals surface area contributed by atoms with Crippen LogP contribution in [0, 0.1) is 0 Å². The van der Waals surface area contributed by atoms with Gasteiger partial charge in [0.2, 0.25) is 0 Å². The Bertz CT molecular complexity index is 1130. The Labute approximate surface area is 215 Å². The van der Waals surface area contributed by atoms with Crippen molar-refractivity contribution in [3.63, 3.8) is 0 Å². The van der Waals surface area contributed by atoms with Crippen LogP contribution in [0.5, 0.6) is 5.88 Å². The van der Waals surface area contributed by atoms with E-state index >= 15 is 0 Å². The Hall–Kier alpha value is -2.87. The third kappa shape index (κ3) is 6.84. The number of amides is 1. The molecule has 1 amide bonds. The van der Waals surface area contributed by atoms with E-state index in [9.17, 15) is 4.79 Å². The van der Waals surface area contributed by atoms with Crippen LogP contribution in [0.2, 0.25) is 10.0 Å². The van der Waals surface area contributed by atoms with E-state index in [1.807, 2.05) is 12.1 Å². The standard InChI is InChI=1S/C26H29Cl2N5O2/c27-21-5-3-6-22(28)20(21)11-16-35-26-24(29)31-17-23(32-26)18-7-9-19(10-8-18)25(34)30-12-4-15-33-13-1-2-14-33/h3,5-10,17H,1-2,4,11-16H2,(H2,29,31)(H,30,34). The Morgan fingerprint density at radius 3 is 2.51 bits per heavy atom. The summed E-state index contributed by atoms with van der Waals surface area (Å²) in [7, 11) is 0. The number of carbonyl (C=O) groups is 1. The van der Waals surface area contributed by atoms with Crippen molar-refractivity contribution in [1.29, 1.82) is 0 Å². The maximum atomic E-state index is 12.5. The zero-order chi connectivity index (χ0) is 24.6. The van der Waals surface area contributed by atoms with Gasteiger partial charge in [0, 0.05) is 34.1 Å². The molecule has 1 fully saturated rings. The summed E-state index contributed by atoms with van der Waals surface area (Å²) >= 11 is 12.4. The number of nitrogens with two attached hydrogens (primary N) is 1. The monoisotopic (exact) mass is 513 g/mol. The van der Waals surface area contributed by atoms with Gasteiger partial charge in [-0.25, -0.2) is 9.97 Å². The Morgan fingerprint density at radius 2 is 1.80 bits per heavy atom. The van der Waals surface area contributed by atoms with Crippen molar-refractivity contribution >= 4 is 34.9 Å². The number of halogens is 2. The molecule has 0 saturated carbocycles. The van der Waals surface area contributed by atoms with Gasteiger partial charge in [-0.3, -0.25) is 4.79 Å². The van der Waals surface area contributed by atoms with E-state index in [-0.39, 0.29) is 17.6 Å². The molecule has 3 aromatic rings. The van der Waals surface area contributed by atoms with Gasteiger partial charge >= 0.3 is 0 Å². The molecule has 3 N–H and O–H groups in total. The van der Waals surface area contributed by atoms with Crippen LogP contribution in [0.15, 0.2) is 48.7 Å². The van der Waals surface area contributed by atoms with Crippen LogP contribution in [0.25, 0.3) is 11.3 Å². The van der Waals surface area contributed by atoms with E-state index in [4.69, 9.17) is 33.7 Å². The summed E-state index contributed by atoms with van der Waals surface area (Å²) < 4.78 is 5.78. The summed E-state index contributed by atoms with van der Waals surface area (Å²) in [4.78, 5) is 23.6. The lowest BCUT2D eigenvalue weighted by Crippen LogP contribution is -2.28. The number of likely N-dealkylation sites (tertiary alicyclic amines) is 1. The molecule has 2 heterocycles. The maximum absolute atomic E-state index is 12.5. The number of benzene rings is 2. The van der Waals surface area contributed by atoms with Crippen LogP contribution in [-0.2, 0) is 6.42 Å². The SMILES string of the molecule is Nc1ncc(-c2ccc(C(=O)NCCCN3CCCC3)cc2)nc1OCCc1c(Cl)cccc1Cl. The van der Waals surface area contributed by atoms with Crippen molar-refractivity contribution in [1.82, 2.24) is 20.2 Å². The second-order valence-electron chi connectivity index (χ2n) is 8.48. The smallest absolute Gasteiger partial charge is 0.257 e. The zero-order valence-electron chi connectivity index (χ0n) is 19.5. The minimum Gasteiger partial charge on any atom is -0.475 e. The molecule has 35 heavy (non-hydrogen) atoms. The molecule has 0 aliphatic carbocycles. The lowest BCUT2D eigenvalue weighted by molar-refractivity contribution is 0.0952. The molecule has 7 nitrogen and oxygen atoms in total. The topological polar surface area (TPSA) is 93.4 Å². The molecule has 2 aromatic carbocycles. The largest absolute Gasteiger partial charge is 0.475 e. The van der Waals surface area contributed by atoms with E-state index in [0.29, 0.717) is 40.9 Å². The highest BCUT2D eigenvalue weighted by Crippen LogP contribution is 2.26. The summed E-state index contributed by atoms with van der Waals surface area (Å²) in [5, 5.41) is 4.17. The average molecular weight is 514 g/mol.